The third-order valence-electron chi connectivity index (χ3n) is 2.46. The zero-order chi connectivity index (χ0) is 11.8. The van der Waals surface area contributed by atoms with Crippen molar-refractivity contribution in [1.29, 1.82) is 0 Å². The summed E-state index contributed by atoms with van der Waals surface area (Å²) in [5.74, 6) is 0.611. The Morgan fingerprint density at radius 3 is 2.25 bits per heavy atom. The second-order valence-corrected chi connectivity index (χ2v) is 4.43. The molecule has 0 spiro atoms. The van der Waals surface area contributed by atoms with E-state index in [0.717, 1.165) is 16.8 Å². The van der Waals surface area contributed by atoms with Crippen molar-refractivity contribution in [2.75, 3.05) is 0 Å². The Bertz CT molecular complexity index is 477. The van der Waals surface area contributed by atoms with Gasteiger partial charge in [-0.3, -0.25) is 0 Å². The molecule has 0 aliphatic heterocycles. The summed E-state index contributed by atoms with van der Waals surface area (Å²) in [4.78, 5) is 4.24. The molecule has 0 amide bonds. The van der Waals surface area contributed by atoms with Gasteiger partial charge in [0.15, 0.2) is 0 Å². The van der Waals surface area contributed by atoms with Gasteiger partial charge in [0.1, 0.15) is 6.26 Å². The smallest absolute Gasteiger partial charge is 0.226 e. The van der Waals surface area contributed by atoms with E-state index in [9.17, 15) is 5.11 Å². The molecule has 84 valence electrons. The molecule has 0 saturated carbocycles. The Hall–Kier alpha value is -1.61. The number of aromatic nitrogens is 1. The molecule has 1 heterocycles. The fraction of sp³-hybridized carbons (Fsp3) is 0.308. The number of hydrogen-bond acceptors (Lipinski definition) is 3. The summed E-state index contributed by atoms with van der Waals surface area (Å²) in [7, 11) is 0. The van der Waals surface area contributed by atoms with Crippen LogP contribution in [0.3, 0.4) is 0 Å². The number of benzene rings is 1. The van der Waals surface area contributed by atoms with Crippen LogP contribution in [0.4, 0.5) is 0 Å². The molecular weight excluding hydrogens is 202 g/mol. The van der Waals surface area contributed by atoms with Gasteiger partial charge in [-0.25, -0.2) is 4.98 Å². The van der Waals surface area contributed by atoms with E-state index in [1.807, 2.05) is 31.2 Å². The van der Waals surface area contributed by atoms with Gasteiger partial charge in [-0.2, -0.15) is 0 Å². The molecule has 2 rings (SSSR count). The lowest BCUT2D eigenvalue weighted by Crippen LogP contribution is -2.14. The van der Waals surface area contributed by atoms with Crippen LogP contribution in [-0.2, 0) is 5.60 Å². The van der Waals surface area contributed by atoms with Gasteiger partial charge in [0.2, 0.25) is 5.89 Å². The van der Waals surface area contributed by atoms with Crippen molar-refractivity contribution < 1.29 is 9.52 Å². The predicted molar refractivity (Wildman–Crippen MR) is 61.9 cm³/mol. The first kappa shape index (κ1) is 10.9. The summed E-state index contributed by atoms with van der Waals surface area (Å²) in [5.41, 5.74) is 1.84. The summed E-state index contributed by atoms with van der Waals surface area (Å²) in [5, 5.41) is 9.82. The van der Waals surface area contributed by atoms with Crippen molar-refractivity contribution in [2.45, 2.75) is 26.4 Å². The van der Waals surface area contributed by atoms with Gasteiger partial charge in [-0.1, -0.05) is 12.1 Å². The Morgan fingerprint density at radius 1 is 1.19 bits per heavy atom. The third kappa shape index (κ3) is 2.14. The van der Waals surface area contributed by atoms with Crippen molar-refractivity contribution >= 4 is 0 Å². The maximum atomic E-state index is 9.82. The molecule has 3 heteroatoms. The predicted octanol–water partition coefficient (Wildman–Crippen LogP) is 2.88. The second kappa shape index (κ2) is 3.76. The minimum Gasteiger partial charge on any atom is -0.444 e. The van der Waals surface area contributed by atoms with E-state index in [0.29, 0.717) is 5.89 Å². The SMILES string of the molecule is Cc1coc(-c2ccc(C(C)(C)O)cc2)n1. The van der Waals surface area contributed by atoms with Crippen molar-refractivity contribution in [2.24, 2.45) is 0 Å². The summed E-state index contributed by atoms with van der Waals surface area (Å²) in [6, 6.07) is 7.57. The maximum Gasteiger partial charge on any atom is 0.226 e. The lowest BCUT2D eigenvalue weighted by Gasteiger charge is -2.17. The minimum absolute atomic E-state index is 0.611. The average Bonchev–Trinajstić information content (AvgIpc) is 2.64. The fourth-order valence-electron chi connectivity index (χ4n) is 1.51. The van der Waals surface area contributed by atoms with Crippen LogP contribution in [0, 0.1) is 6.92 Å². The van der Waals surface area contributed by atoms with E-state index in [1.54, 1.807) is 20.1 Å². The van der Waals surface area contributed by atoms with Gasteiger partial charge in [0.05, 0.1) is 11.3 Å². The number of aryl methyl sites for hydroxylation is 1. The molecule has 0 fully saturated rings. The largest absolute Gasteiger partial charge is 0.444 e. The fourth-order valence-corrected chi connectivity index (χ4v) is 1.51. The van der Waals surface area contributed by atoms with Gasteiger partial charge in [0.25, 0.3) is 0 Å². The van der Waals surface area contributed by atoms with Crippen LogP contribution >= 0.6 is 0 Å². The molecule has 0 saturated heterocycles. The van der Waals surface area contributed by atoms with Crippen molar-refractivity contribution in [1.82, 2.24) is 4.98 Å². The molecule has 1 aromatic carbocycles. The molecule has 0 bridgehead atoms. The molecule has 0 aliphatic carbocycles. The van der Waals surface area contributed by atoms with Crippen LogP contribution in [0.2, 0.25) is 0 Å². The van der Waals surface area contributed by atoms with Crippen LogP contribution in [-0.4, -0.2) is 10.1 Å². The minimum atomic E-state index is -0.814. The Labute approximate surface area is 94.8 Å². The third-order valence-corrected chi connectivity index (χ3v) is 2.46. The van der Waals surface area contributed by atoms with Crippen LogP contribution in [0.5, 0.6) is 0 Å². The zero-order valence-corrected chi connectivity index (χ0v) is 9.69. The summed E-state index contributed by atoms with van der Waals surface area (Å²) in [6.45, 7) is 5.41. The van der Waals surface area contributed by atoms with Crippen molar-refractivity contribution in [3.8, 4) is 11.5 Å². The highest BCUT2D eigenvalue weighted by molar-refractivity contribution is 5.54. The van der Waals surface area contributed by atoms with Gasteiger partial charge >= 0.3 is 0 Å². The standard InChI is InChI=1S/C13H15NO2/c1-9-8-16-12(14-9)10-4-6-11(7-5-10)13(2,3)15/h4-8,15H,1-3H3. The van der Waals surface area contributed by atoms with E-state index >= 15 is 0 Å². The highest BCUT2D eigenvalue weighted by Crippen LogP contribution is 2.24. The Kier molecular flexibility index (Phi) is 2.56. The molecule has 2 aromatic rings. The van der Waals surface area contributed by atoms with Gasteiger partial charge in [-0.15, -0.1) is 0 Å². The molecule has 1 aromatic heterocycles. The van der Waals surface area contributed by atoms with Crippen LogP contribution in [0.1, 0.15) is 25.1 Å². The van der Waals surface area contributed by atoms with E-state index in [2.05, 4.69) is 4.98 Å². The van der Waals surface area contributed by atoms with Crippen molar-refractivity contribution in [3.05, 3.63) is 41.8 Å². The van der Waals surface area contributed by atoms with Crippen LogP contribution < -0.4 is 0 Å². The highest BCUT2D eigenvalue weighted by Gasteiger charge is 2.15. The topological polar surface area (TPSA) is 46.3 Å². The molecule has 0 radical (unpaired) electrons. The number of nitrogens with zero attached hydrogens (tertiary/aromatic N) is 1. The number of hydrogen-bond donors (Lipinski definition) is 1. The lowest BCUT2D eigenvalue weighted by molar-refractivity contribution is 0.0786. The molecule has 16 heavy (non-hydrogen) atoms. The zero-order valence-electron chi connectivity index (χ0n) is 9.69. The number of aliphatic hydroxyl groups is 1. The Balaban J connectivity index is 2.33. The van der Waals surface area contributed by atoms with Gasteiger partial charge < -0.3 is 9.52 Å². The average molecular weight is 217 g/mol. The van der Waals surface area contributed by atoms with E-state index in [1.165, 1.54) is 0 Å². The Morgan fingerprint density at radius 2 is 1.81 bits per heavy atom. The first-order chi connectivity index (χ1) is 7.47. The van der Waals surface area contributed by atoms with Gasteiger partial charge in [-0.05, 0) is 38.5 Å². The second-order valence-electron chi connectivity index (χ2n) is 4.43. The molecule has 0 unspecified atom stereocenters. The van der Waals surface area contributed by atoms with Crippen molar-refractivity contribution in [3.63, 3.8) is 0 Å². The lowest BCUT2D eigenvalue weighted by atomic mass is 9.97. The first-order valence-electron chi connectivity index (χ1n) is 5.22. The molecule has 0 aliphatic rings. The van der Waals surface area contributed by atoms with E-state index < -0.39 is 5.60 Å². The normalized spacial score (nSPS) is 11.8. The quantitative estimate of drug-likeness (QED) is 0.841. The molecular formula is C13H15NO2. The molecule has 1 N–H and O–H groups in total. The van der Waals surface area contributed by atoms with Crippen LogP contribution in [0.25, 0.3) is 11.5 Å². The highest BCUT2D eigenvalue weighted by atomic mass is 16.3. The van der Waals surface area contributed by atoms with E-state index in [4.69, 9.17) is 4.42 Å². The van der Waals surface area contributed by atoms with E-state index in [-0.39, 0.29) is 0 Å². The molecule has 3 nitrogen and oxygen atoms in total. The maximum absolute atomic E-state index is 9.82. The monoisotopic (exact) mass is 217 g/mol. The van der Waals surface area contributed by atoms with Crippen LogP contribution in [0.15, 0.2) is 34.9 Å². The number of oxazole rings is 1. The summed E-state index contributed by atoms with van der Waals surface area (Å²) >= 11 is 0. The first-order valence-corrected chi connectivity index (χ1v) is 5.22. The van der Waals surface area contributed by atoms with Gasteiger partial charge in [0, 0.05) is 5.56 Å². The number of rotatable bonds is 2. The molecule has 0 atom stereocenters. The summed E-state index contributed by atoms with van der Waals surface area (Å²) in [6.07, 6.45) is 1.62. The summed E-state index contributed by atoms with van der Waals surface area (Å²) < 4.78 is 5.30.